The highest BCUT2D eigenvalue weighted by Gasteiger charge is 1.84. The lowest BCUT2D eigenvalue weighted by Crippen LogP contribution is -1.89. The molecule has 0 aliphatic carbocycles. The second-order valence-electron chi connectivity index (χ2n) is 0.448. The molecule has 0 saturated carbocycles. The van der Waals surface area contributed by atoms with Gasteiger partial charge in [-0.2, -0.15) is 8.42 Å². The predicted molar refractivity (Wildman–Crippen MR) is 29.5 cm³/mol. The van der Waals surface area contributed by atoms with Crippen molar-refractivity contribution in [1.82, 2.24) is 6.15 Å². The van der Waals surface area contributed by atoms with Crippen molar-refractivity contribution in [3.63, 3.8) is 0 Å². The van der Waals surface area contributed by atoms with Crippen LogP contribution in [0.4, 0.5) is 0 Å². The molecule has 0 fully saturated rings. The Bertz CT molecular complexity index is 94.9. The van der Waals surface area contributed by atoms with E-state index >= 15 is 0 Å². The smallest absolute Gasteiger partial charge is 0.344 e. The van der Waals surface area contributed by atoms with E-state index in [9.17, 15) is 0 Å². The lowest BCUT2D eigenvalue weighted by molar-refractivity contribution is 0.381. The minimum absolute atomic E-state index is 0. The summed E-state index contributed by atoms with van der Waals surface area (Å²) >= 11 is 0. The van der Waals surface area contributed by atoms with Crippen LogP contribution in [-0.4, -0.2) is 17.5 Å². The predicted octanol–water partition coefficient (Wildman–Crippen LogP) is 0.0871. The van der Waals surface area contributed by atoms with Gasteiger partial charge in [-0.15, -0.1) is 17.0 Å². The zero-order chi connectivity index (χ0) is 4.50. The molecule has 0 spiro atoms. The number of hydrogen-bond acceptors (Lipinski definition) is 3. The third-order valence-corrected chi connectivity index (χ3v) is 0. The van der Waals surface area contributed by atoms with Crippen LogP contribution in [0.5, 0.6) is 0 Å². The highest BCUT2D eigenvalue weighted by molar-refractivity contribution is 8.93. The van der Waals surface area contributed by atoms with Gasteiger partial charge in [0.15, 0.2) is 0 Å². The molecule has 0 heterocycles. The van der Waals surface area contributed by atoms with E-state index in [1.165, 1.54) is 0 Å². The molecule has 0 rings (SSSR count). The Balaban J connectivity index is -0.0000000800. The minimum atomic E-state index is -4.67. The molecule has 5 N–H and O–H groups in total. The first-order valence-corrected chi connectivity index (χ1v) is 2.10. The lowest BCUT2D eigenvalue weighted by atomic mass is 14.0. The van der Waals surface area contributed by atoms with Gasteiger partial charge in [0.2, 0.25) is 0 Å². The van der Waals surface area contributed by atoms with Gasteiger partial charge < -0.3 is 6.15 Å². The molecule has 0 unspecified atom stereocenters. The first-order valence-electron chi connectivity index (χ1n) is 0.698. The molecule has 0 aromatic carbocycles. The standard InChI is InChI=1S/BrH.H3N.H2O4S/c;;1-5(2,3)4/h1H;1H3;(H2,1,2,3,4). The fourth-order valence-electron chi connectivity index (χ4n) is 0. The molecular formula is H6BrNO4S. The van der Waals surface area contributed by atoms with Gasteiger partial charge in [-0.05, 0) is 0 Å². The first kappa shape index (κ1) is 15.7. The van der Waals surface area contributed by atoms with Crippen LogP contribution in [0.2, 0.25) is 0 Å². The topological polar surface area (TPSA) is 110 Å². The van der Waals surface area contributed by atoms with Crippen molar-refractivity contribution in [2.24, 2.45) is 0 Å². The largest absolute Gasteiger partial charge is 0.394 e. The van der Waals surface area contributed by atoms with E-state index in [1.54, 1.807) is 0 Å². The van der Waals surface area contributed by atoms with Crippen molar-refractivity contribution in [3.8, 4) is 0 Å². The molecule has 0 atom stereocenters. The van der Waals surface area contributed by atoms with Crippen LogP contribution in [0.1, 0.15) is 0 Å². The summed E-state index contributed by atoms with van der Waals surface area (Å²) in [5.74, 6) is 0. The summed E-state index contributed by atoms with van der Waals surface area (Å²) in [4.78, 5) is 0. The zero-order valence-corrected chi connectivity index (χ0v) is 5.76. The monoisotopic (exact) mass is 195 g/mol. The molecule has 0 aliphatic rings. The molecule has 7 heteroatoms. The van der Waals surface area contributed by atoms with Crippen LogP contribution in [-0.2, 0) is 10.4 Å². The normalized spacial score (nSPS) is 8.29. The summed E-state index contributed by atoms with van der Waals surface area (Å²) in [6.45, 7) is 0. The van der Waals surface area contributed by atoms with Crippen LogP contribution in [0, 0.1) is 0 Å². The van der Waals surface area contributed by atoms with E-state index in [0.29, 0.717) is 0 Å². The Labute approximate surface area is 51.7 Å². The van der Waals surface area contributed by atoms with Crippen LogP contribution >= 0.6 is 17.0 Å². The molecule has 0 saturated heterocycles. The van der Waals surface area contributed by atoms with Crippen molar-refractivity contribution < 1.29 is 17.5 Å². The molecule has 5 nitrogen and oxygen atoms in total. The number of rotatable bonds is 0. The Morgan fingerprint density at radius 3 is 1.14 bits per heavy atom. The summed E-state index contributed by atoms with van der Waals surface area (Å²) in [6, 6.07) is 0. The van der Waals surface area contributed by atoms with Gasteiger partial charge in [0, 0.05) is 0 Å². The van der Waals surface area contributed by atoms with Gasteiger partial charge in [-0.1, -0.05) is 0 Å². The van der Waals surface area contributed by atoms with E-state index in [2.05, 4.69) is 0 Å². The molecule has 48 valence electrons. The van der Waals surface area contributed by atoms with Gasteiger partial charge in [-0.25, -0.2) is 0 Å². The Morgan fingerprint density at radius 2 is 1.14 bits per heavy atom. The van der Waals surface area contributed by atoms with Crippen LogP contribution in [0.25, 0.3) is 0 Å². The highest BCUT2D eigenvalue weighted by atomic mass is 79.9. The van der Waals surface area contributed by atoms with E-state index < -0.39 is 10.4 Å². The summed E-state index contributed by atoms with van der Waals surface area (Å²) < 4.78 is 31.6. The van der Waals surface area contributed by atoms with E-state index in [-0.39, 0.29) is 23.1 Å². The molecule has 0 amide bonds. The maximum atomic E-state index is 8.74. The fraction of sp³-hybridized carbons (Fsp3) is 0. The summed E-state index contributed by atoms with van der Waals surface area (Å²) in [7, 11) is -4.67. The maximum Gasteiger partial charge on any atom is 0.394 e. The number of halogens is 1. The maximum absolute atomic E-state index is 8.74. The summed E-state index contributed by atoms with van der Waals surface area (Å²) in [6.07, 6.45) is 0. The average Bonchev–Trinajstić information content (AvgIpc) is 0.722. The van der Waals surface area contributed by atoms with Crippen molar-refractivity contribution in [1.29, 1.82) is 0 Å². The van der Waals surface area contributed by atoms with Crippen LogP contribution in [0.15, 0.2) is 0 Å². The van der Waals surface area contributed by atoms with Gasteiger partial charge in [-0.3, -0.25) is 9.11 Å². The van der Waals surface area contributed by atoms with E-state index in [1.807, 2.05) is 0 Å². The van der Waals surface area contributed by atoms with Gasteiger partial charge in [0.1, 0.15) is 0 Å². The van der Waals surface area contributed by atoms with Gasteiger partial charge >= 0.3 is 10.4 Å². The molecule has 0 aromatic rings. The van der Waals surface area contributed by atoms with E-state index in [4.69, 9.17) is 17.5 Å². The molecule has 7 heavy (non-hydrogen) atoms. The molecule has 0 bridgehead atoms. The molecule has 0 aromatic heterocycles. The quantitative estimate of drug-likeness (QED) is 0.475. The Hall–Kier alpha value is 0.310. The van der Waals surface area contributed by atoms with Crippen molar-refractivity contribution >= 4 is 27.4 Å². The Morgan fingerprint density at radius 1 is 1.14 bits per heavy atom. The molecule has 0 radical (unpaired) electrons. The minimum Gasteiger partial charge on any atom is -0.344 e. The summed E-state index contributed by atoms with van der Waals surface area (Å²) in [5, 5.41) is 0. The highest BCUT2D eigenvalue weighted by Crippen LogP contribution is 1.59. The fourth-order valence-corrected chi connectivity index (χ4v) is 0. The van der Waals surface area contributed by atoms with Gasteiger partial charge in [0.05, 0.1) is 0 Å². The lowest BCUT2D eigenvalue weighted by Gasteiger charge is -1.68. The zero-order valence-electron chi connectivity index (χ0n) is 3.23. The summed E-state index contributed by atoms with van der Waals surface area (Å²) in [5.41, 5.74) is 0. The Kier molecular flexibility index (Phi) is 10.0. The van der Waals surface area contributed by atoms with Crippen molar-refractivity contribution in [2.45, 2.75) is 0 Å². The average molecular weight is 196 g/mol. The van der Waals surface area contributed by atoms with Crippen LogP contribution in [0.3, 0.4) is 0 Å². The molecule has 0 aliphatic heterocycles. The number of hydrogen-bond donors (Lipinski definition) is 3. The van der Waals surface area contributed by atoms with Crippen molar-refractivity contribution in [2.75, 3.05) is 0 Å². The second-order valence-corrected chi connectivity index (χ2v) is 1.34. The first-order chi connectivity index (χ1) is 2.00. The SMILES string of the molecule is Br.N.O=S(=O)(O)O. The third kappa shape index (κ3) is 1220. The van der Waals surface area contributed by atoms with Crippen molar-refractivity contribution in [3.05, 3.63) is 0 Å². The third-order valence-electron chi connectivity index (χ3n) is 0. The van der Waals surface area contributed by atoms with E-state index in [0.717, 1.165) is 0 Å². The van der Waals surface area contributed by atoms with Gasteiger partial charge in [0.25, 0.3) is 0 Å². The van der Waals surface area contributed by atoms with Crippen LogP contribution < -0.4 is 6.15 Å². The second kappa shape index (κ2) is 4.47. The molecular weight excluding hydrogens is 190 g/mol.